The normalized spacial score (nSPS) is 10.5. The molecule has 2 amide bonds. The number of rotatable bonds is 8. The van der Waals surface area contributed by atoms with E-state index < -0.39 is 28.2 Å². The Morgan fingerprint density at radius 1 is 1.36 bits per heavy atom. The molecule has 0 saturated carbocycles. The van der Waals surface area contributed by atoms with Crippen LogP contribution in [-0.4, -0.2) is 41.2 Å². The predicted octanol–water partition coefficient (Wildman–Crippen LogP) is 1.07. The van der Waals surface area contributed by atoms with E-state index in [9.17, 15) is 24.8 Å². The first kappa shape index (κ1) is 19.9. The van der Waals surface area contributed by atoms with Crippen LogP contribution in [0.4, 0.5) is 5.69 Å². The van der Waals surface area contributed by atoms with E-state index in [2.05, 4.69) is 10.4 Å². The molecule has 0 fully saturated rings. The molecule has 0 bridgehead atoms. The molecule has 1 aromatic rings. The summed E-state index contributed by atoms with van der Waals surface area (Å²) in [6.45, 7) is 4.18. The standard InChI is InChI=1S/C15H20N4O6/c1-3-5-6-16-14(21)15(22)18-17-9-10-7-11(19(23)24)13(20)12(8-10)25-4-2/h7-9,20H,3-6H2,1-2H3,(H,16,21)(H,18,22)/b17-9-. The smallest absolute Gasteiger partial charge is 0.329 e. The number of unbranched alkanes of at least 4 members (excludes halogenated alkanes) is 1. The minimum absolute atomic E-state index is 0.0817. The van der Waals surface area contributed by atoms with Crippen LogP contribution >= 0.6 is 0 Å². The quantitative estimate of drug-likeness (QED) is 0.210. The van der Waals surface area contributed by atoms with E-state index in [-0.39, 0.29) is 17.9 Å². The Balaban J connectivity index is 2.81. The second kappa shape index (κ2) is 9.85. The lowest BCUT2D eigenvalue weighted by molar-refractivity contribution is -0.386. The summed E-state index contributed by atoms with van der Waals surface area (Å²) in [6.07, 6.45) is 2.73. The molecule has 0 aliphatic rings. The van der Waals surface area contributed by atoms with Crippen LogP contribution in [0.5, 0.6) is 11.5 Å². The zero-order valence-electron chi connectivity index (χ0n) is 13.9. The third-order valence-corrected chi connectivity index (χ3v) is 2.98. The number of amides is 2. The zero-order chi connectivity index (χ0) is 18.8. The van der Waals surface area contributed by atoms with Gasteiger partial charge in [0, 0.05) is 18.2 Å². The van der Waals surface area contributed by atoms with Crippen molar-refractivity contribution >= 4 is 23.7 Å². The lowest BCUT2D eigenvalue weighted by Gasteiger charge is -2.07. The Morgan fingerprint density at radius 2 is 2.08 bits per heavy atom. The molecule has 136 valence electrons. The van der Waals surface area contributed by atoms with Crippen molar-refractivity contribution in [3.63, 3.8) is 0 Å². The fourth-order valence-corrected chi connectivity index (χ4v) is 1.77. The molecule has 0 radical (unpaired) electrons. The third kappa shape index (κ3) is 6.09. The molecule has 0 unspecified atom stereocenters. The molecule has 0 atom stereocenters. The van der Waals surface area contributed by atoms with Gasteiger partial charge in [0.05, 0.1) is 17.7 Å². The molecular weight excluding hydrogens is 332 g/mol. The van der Waals surface area contributed by atoms with E-state index in [4.69, 9.17) is 4.74 Å². The van der Waals surface area contributed by atoms with Crippen LogP contribution in [-0.2, 0) is 9.59 Å². The number of hydrogen-bond donors (Lipinski definition) is 3. The molecule has 0 saturated heterocycles. The third-order valence-electron chi connectivity index (χ3n) is 2.98. The second-order valence-electron chi connectivity index (χ2n) is 4.89. The number of phenols is 1. The summed E-state index contributed by atoms with van der Waals surface area (Å²) in [5.74, 6) is -2.45. The number of nitrogens with zero attached hydrogens (tertiary/aromatic N) is 2. The van der Waals surface area contributed by atoms with E-state index in [1.54, 1.807) is 6.92 Å². The zero-order valence-corrected chi connectivity index (χ0v) is 13.9. The molecule has 25 heavy (non-hydrogen) atoms. The molecule has 10 nitrogen and oxygen atoms in total. The maximum atomic E-state index is 11.5. The van der Waals surface area contributed by atoms with Crippen molar-refractivity contribution < 1.29 is 24.4 Å². The highest BCUT2D eigenvalue weighted by molar-refractivity contribution is 6.35. The van der Waals surface area contributed by atoms with Crippen molar-refractivity contribution in [2.24, 2.45) is 5.10 Å². The van der Waals surface area contributed by atoms with Crippen LogP contribution in [0.25, 0.3) is 0 Å². The first-order valence-electron chi connectivity index (χ1n) is 7.66. The van der Waals surface area contributed by atoms with Gasteiger partial charge in [-0.2, -0.15) is 5.10 Å². The lowest BCUT2D eigenvalue weighted by atomic mass is 10.2. The van der Waals surface area contributed by atoms with Gasteiger partial charge < -0.3 is 15.2 Å². The van der Waals surface area contributed by atoms with Gasteiger partial charge in [-0.05, 0) is 19.4 Å². The molecule has 1 aromatic carbocycles. The van der Waals surface area contributed by atoms with Crippen molar-refractivity contribution in [3.8, 4) is 11.5 Å². The summed E-state index contributed by atoms with van der Waals surface area (Å²) >= 11 is 0. The van der Waals surface area contributed by atoms with Gasteiger partial charge in [-0.1, -0.05) is 13.3 Å². The van der Waals surface area contributed by atoms with E-state index >= 15 is 0 Å². The van der Waals surface area contributed by atoms with E-state index in [0.717, 1.165) is 25.1 Å². The fourth-order valence-electron chi connectivity index (χ4n) is 1.77. The minimum Gasteiger partial charge on any atom is -0.500 e. The largest absolute Gasteiger partial charge is 0.500 e. The average molecular weight is 352 g/mol. The fraction of sp³-hybridized carbons (Fsp3) is 0.400. The summed E-state index contributed by atoms with van der Waals surface area (Å²) < 4.78 is 5.12. The number of ether oxygens (including phenoxy) is 1. The number of benzene rings is 1. The number of carbonyl (C=O) groups is 2. The highest BCUT2D eigenvalue weighted by atomic mass is 16.6. The Kier molecular flexibility index (Phi) is 7.83. The van der Waals surface area contributed by atoms with Crippen molar-refractivity contribution in [3.05, 3.63) is 27.8 Å². The number of carbonyl (C=O) groups excluding carboxylic acids is 2. The van der Waals surface area contributed by atoms with Gasteiger partial charge in [0.15, 0.2) is 5.75 Å². The van der Waals surface area contributed by atoms with Crippen LogP contribution in [0.1, 0.15) is 32.3 Å². The van der Waals surface area contributed by atoms with Gasteiger partial charge in [0.1, 0.15) is 0 Å². The number of hydrazone groups is 1. The van der Waals surface area contributed by atoms with Gasteiger partial charge >= 0.3 is 17.5 Å². The molecular formula is C15H20N4O6. The molecule has 10 heteroatoms. The van der Waals surface area contributed by atoms with E-state index in [0.29, 0.717) is 6.54 Å². The topological polar surface area (TPSA) is 143 Å². The molecule has 0 heterocycles. The Morgan fingerprint density at radius 3 is 2.68 bits per heavy atom. The highest BCUT2D eigenvalue weighted by Gasteiger charge is 2.19. The van der Waals surface area contributed by atoms with Crippen LogP contribution in [0.15, 0.2) is 17.2 Å². The molecule has 0 aromatic heterocycles. The second-order valence-corrected chi connectivity index (χ2v) is 4.89. The first-order chi connectivity index (χ1) is 11.9. The summed E-state index contributed by atoms with van der Waals surface area (Å²) in [5, 5.41) is 26.7. The number of aromatic hydroxyl groups is 1. The molecule has 0 aliphatic heterocycles. The summed E-state index contributed by atoms with van der Waals surface area (Å²) in [5.41, 5.74) is 1.67. The average Bonchev–Trinajstić information content (AvgIpc) is 2.57. The van der Waals surface area contributed by atoms with Gasteiger partial charge in [0.25, 0.3) is 0 Å². The molecule has 1 rings (SSSR count). The Bertz CT molecular complexity index is 674. The van der Waals surface area contributed by atoms with Gasteiger partial charge in [-0.3, -0.25) is 19.7 Å². The van der Waals surface area contributed by atoms with Gasteiger partial charge in [0.2, 0.25) is 5.75 Å². The summed E-state index contributed by atoms with van der Waals surface area (Å²) in [7, 11) is 0. The van der Waals surface area contributed by atoms with Crippen LogP contribution in [0.2, 0.25) is 0 Å². The Labute approximate surface area is 144 Å². The van der Waals surface area contributed by atoms with E-state index in [1.807, 2.05) is 12.3 Å². The summed E-state index contributed by atoms with van der Waals surface area (Å²) in [6, 6.07) is 2.39. The van der Waals surface area contributed by atoms with Crippen LogP contribution in [0.3, 0.4) is 0 Å². The maximum Gasteiger partial charge on any atom is 0.329 e. The maximum absolute atomic E-state index is 11.5. The van der Waals surface area contributed by atoms with Gasteiger partial charge in [-0.25, -0.2) is 5.43 Å². The number of nitro groups is 1. The predicted molar refractivity (Wildman–Crippen MR) is 89.6 cm³/mol. The number of nitro benzene ring substituents is 1. The highest BCUT2D eigenvalue weighted by Crippen LogP contribution is 2.36. The number of phenolic OH excluding ortho intramolecular Hbond substituents is 1. The van der Waals surface area contributed by atoms with Gasteiger partial charge in [-0.15, -0.1) is 0 Å². The van der Waals surface area contributed by atoms with Crippen molar-refractivity contribution in [1.29, 1.82) is 0 Å². The minimum atomic E-state index is -0.953. The monoisotopic (exact) mass is 352 g/mol. The number of nitrogens with one attached hydrogen (secondary N) is 2. The lowest BCUT2D eigenvalue weighted by Crippen LogP contribution is -2.38. The SMILES string of the molecule is CCCCNC(=O)C(=O)N/N=C\c1cc(OCC)c(O)c([N+](=O)[O-])c1. The first-order valence-corrected chi connectivity index (χ1v) is 7.66. The van der Waals surface area contributed by atoms with Crippen molar-refractivity contribution in [2.75, 3.05) is 13.2 Å². The molecule has 0 spiro atoms. The van der Waals surface area contributed by atoms with Crippen molar-refractivity contribution in [1.82, 2.24) is 10.7 Å². The van der Waals surface area contributed by atoms with Crippen LogP contribution < -0.4 is 15.5 Å². The summed E-state index contributed by atoms with van der Waals surface area (Å²) in [4.78, 5) is 33.1. The van der Waals surface area contributed by atoms with Crippen molar-refractivity contribution in [2.45, 2.75) is 26.7 Å². The number of hydrogen-bond acceptors (Lipinski definition) is 7. The Hall–Kier alpha value is -3.17. The molecule has 3 N–H and O–H groups in total. The van der Waals surface area contributed by atoms with E-state index in [1.165, 1.54) is 6.07 Å². The molecule has 0 aliphatic carbocycles. The van der Waals surface area contributed by atoms with Crippen LogP contribution in [0, 0.1) is 10.1 Å².